The highest BCUT2D eigenvalue weighted by Gasteiger charge is 2.36. The van der Waals surface area contributed by atoms with Gasteiger partial charge in [0.2, 0.25) is 10.0 Å². The Hall–Kier alpha value is -0.540. The first-order chi connectivity index (χ1) is 9.86. The SMILES string of the molecule is NC(CN(C1CCCC1)S(=O)(=O)c1cc(Cl)sc1Cl)=NO. The van der Waals surface area contributed by atoms with Crippen LogP contribution in [0, 0.1) is 0 Å². The third kappa shape index (κ3) is 3.62. The van der Waals surface area contributed by atoms with Crippen molar-refractivity contribution in [2.24, 2.45) is 10.9 Å². The molecule has 0 unspecified atom stereocenters. The zero-order valence-corrected chi connectivity index (χ0v) is 14.1. The lowest BCUT2D eigenvalue weighted by molar-refractivity contribution is 0.308. The third-order valence-electron chi connectivity index (χ3n) is 3.39. The van der Waals surface area contributed by atoms with Crippen LogP contribution < -0.4 is 5.73 Å². The Kier molecular flexibility index (Phi) is 5.37. The van der Waals surface area contributed by atoms with Gasteiger partial charge < -0.3 is 10.9 Å². The number of sulfonamides is 1. The van der Waals surface area contributed by atoms with Gasteiger partial charge in [0.05, 0.1) is 10.9 Å². The molecule has 6 nitrogen and oxygen atoms in total. The molecule has 2 rings (SSSR count). The fourth-order valence-electron chi connectivity index (χ4n) is 2.42. The van der Waals surface area contributed by atoms with E-state index < -0.39 is 10.0 Å². The van der Waals surface area contributed by atoms with E-state index in [2.05, 4.69) is 5.16 Å². The number of halogens is 2. The number of nitrogens with zero attached hydrogens (tertiary/aromatic N) is 2. The lowest BCUT2D eigenvalue weighted by Crippen LogP contribution is -2.44. The number of hydrogen-bond donors (Lipinski definition) is 2. The summed E-state index contributed by atoms with van der Waals surface area (Å²) < 4.78 is 27.3. The van der Waals surface area contributed by atoms with Crippen molar-refractivity contribution in [3.63, 3.8) is 0 Å². The molecule has 3 N–H and O–H groups in total. The number of nitrogens with two attached hydrogens (primary N) is 1. The Morgan fingerprint density at radius 1 is 1.48 bits per heavy atom. The van der Waals surface area contributed by atoms with Crippen LogP contribution in [0.3, 0.4) is 0 Å². The monoisotopic (exact) mass is 371 g/mol. The molecule has 0 amide bonds. The van der Waals surface area contributed by atoms with Crippen LogP contribution in [0.2, 0.25) is 8.67 Å². The largest absolute Gasteiger partial charge is 0.409 e. The van der Waals surface area contributed by atoms with Crippen molar-refractivity contribution in [2.45, 2.75) is 36.6 Å². The average molecular weight is 372 g/mol. The summed E-state index contributed by atoms with van der Waals surface area (Å²) in [4.78, 5) is -0.0307. The summed E-state index contributed by atoms with van der Waals surface area (Å²) in [6.07, 6.45) is 3.39. The standard InChI is InChI=1S/C11H15Cl2N3O3S2/c12-9-5-8(11(13)20-9)21(18,19)16(6-10(14)15-17)7-3-1-2-4-7/h5,7,17H,1-4,6H2,(H2,14,15). The molecule has 1 aliphatic rings. The minimum Gasteiger partial charge on any atom is -0.409 e. The van der Waals surface area contributed by atoms with E-state index in [1.165, 1.54) is 10.4 Å². The highest BCUT2D eigenvalue weighted by atomic mass is 35.5. The summed E-state index contributed by atoms with van der Waals surface area (Å²) in [5, 5.41) is 11.6. The van der Waals surface area contributed by atoms with E-state index in [0.717, 1.165) is 37.0 Å². The molecule has 118 valence electrons. The molecule has 1 fully saturated rings. The molecule has 1 saturated carbocycles. The molecule has 1 aromatic heterocycles. The van der Waals surface area contributed by atoms with Gasteiger partial charge in [0.1, 0.15) is 9.23 Å². The Balaban J connectivity index is 2.40. The maximum absolute atomic E-state index is 12.8. The summed E-state index contributed by atoms with van der Waals surface area (Å²) in [5.41, 5.74) is 5.50. The van der Waals surface area contributed by atoms with Crippen molar-refractivity contribution in [3.05, 3.63) is 14.7 Å². The maximum atomic E-state index is 12.8. The molecule has 0 bridgehead atoms. The third-order valence-corrected chi connectivity index (χ3v) is 7.04. The second-order valence-electron chi connectivity index (χ2n) is 4.77. The smallest absolute Gasteiger partial charge is 0.246 e. The molecule has 21 heavy (non-hydrogen) atoms. The van der Waals surface area contributed by atoms with Crippen LogP contribution in [0.4, 0.5) is 0 Å². The second kappa shape index (κ2) is 6.70. The van der Waals surface area contributed by atoms with Crippen molar-refractivity contribution in [1.29, 1.82) is 0 Å². The van der Waals surface area contributed by atoms with Crippen LogP contribution in [0.1, 0.15) is 25.7 Å². The predicted octanol–water partition coefficient (Wildman–Crippen LogP) is 2.73. The summed E-state index contributed by atoms with van der Waals surface area (Å²) in [7, 11) is -3.84. The highest BCUT2D eigenvalue weighted by molar-refractivity contribution is 7.89. The van der Waals surface area contributed by atoms with E-state index in [-0.39, 0.29) is 27.7 Å². The molecule has 0 saturated heterocycles. The quantitative estimate of drug-likeness (QED) is 0.360. The molecular formula is C11H15Cl2N3O3S2. The molecule has 1 heterocycles. The van der Waals surface area contributed by atoms with E-state index in [1.807, 2.05) is 0 Å². The van der Waals surface area contributed by atoms with Gasteiger partial charge in [-0.25, -0.2) is 8.42 Å². The van der Waals surface area contributed by atoms with Crippen molar-refractivity contribution >= 4 is 50.4 Å². The van der Waals surface area contributed by atoms with Gasteiger partial charge >= 0.3 is 0 Å². The zero-order valence-electron chi connectivity index (χ0n) is 11.0. The first-order valence-electron chi connectivity index (χ1n) is 6.29. The topological polar surface area (TPSA) is 96.0 Å². The Bertz CT molecular complexity index is 639. The number of oxime groups is 1. The normalized spacial score (nSPS) is 17.8. The first kappa shape index (κ1) is 16.8. The fraction of sp³-hybridized carbons (Fsp3) is 0.545. The van der Waals surface area contributed by atoms with E-state index in [4.69, 9.17) is 34.1 Å². The van der Waals surface area contributed by atoms with E-state index in [0.29, 0.717) is 4.34 Å². The average Bonchev–Trinajstić information content (AvgIpc) is 3.05. The molecule has 0 aromatic carbocycles. The van der Waals surface area contributed by atoms with Crippen molar-refractivity contribution in [2.75, 3.05) is 6.54 Å². The Labute approximate surface area is 137 Å². The Morgan fingerprint density at radius 3 is 2.57 bits per heavy atom. The van der Waals surface area contributed by atoms with Gasteiger partial charge in [0, 0.05) is 6.04 Å². The summed E-state index contributed by atoms with van der Waals surface area (Å²) in [5.74, 6) is -0.164. The predicted molar refractivity (Wildman–Crippen MR) is 83.9 cm³/mol. The van der Waals surface area contributed by atoms with Gasteiger partial charge in [-0.05, 0) is 18.9 Å². The maximum Gasteiger partial charge on any atom is 0.246 e. The molecule has 0 aliphatic heterocycles. The van der Waals surface area contributed by atoms with E-state index in [1.54, 1.807) is 0 Å². The molecular weight excluding hydrogens is 357 g/mol. The molecule has 1 aliphatic carbocycles. The van der Waals surface area contributed by atoms with Gasteiger partial charge in [-0.2, -0.15) is 4.31 Å². The lowest BCUT2D eigenvalue weighted by Gasteiger charge is -2.27. The number of rotatable bonds is 5. The van der Waals surface area contributed by atoms with E-state index in [9.17, 15) is 8.42 Å². The fourth-order valence-corrected chi connectivity index (χ4v) is 6.19. The van der Waals surface area contributed by atoms with Crippen molar-refractivity contribution in [3.8, 4) is 0 Å². The van der Waals surface area contributed by atoms with Gasteiger partial charge in [-0.3, -0.25) is 0 Å². The van der Waals surface area contributed by atoms with Crippen molar-refractivity contribution in [1.82, 2.24) is 4.31 Å². The van der Waals surface area contributed by atoms with Crippen LogP contribution >= 0.6 is 34.5 Å². The lowest BCUT2D eigenvalue weighted by atomic mass is 10.2. The Morgan fingerprint density at radius 2 is 2.10 bits per heavy atom. The minimum atomic E-state index is -3.84. The summed E-state index contributed by atoms with van der Waals surface area (Å²) in [6, 6.07) is 1.16. The van der Waals surface area contributed by atoms with Gasteiger partial charge in [0.25, 0.3) is 0 Å². The second-order valence-corrected chi connectivity index (χ2v) is 8.91. The highest BCUT2D eigenvalue weighted by Crippen LogP contribution is 2.37. The van der Waals surface area contributed by atoms with Crippen LogP contribution in [-0.4, -0.2) is 36.4 Å². The van der Waals surface area contributed by atoms with E-state index >= 15 is 0 Å². The summed E-state index contributed by atoms with van der Waals surface area (Å²) in [6.45, 7) is -0.173. The van der Waals surface area contributed by atoms with Crippen LogP contribution in [0.25, 0.3) is 0 Å². The van der Waals surface area contributed by atoms with Crippen LogP contribution in [0.5, 0.6) is 0 Å². The van der Waals surface area contributed by atoms with Crippen LogP contribution in [0.15, 0.2) is 16.1 Å². The zero-order chi connectivity index (χ0) is 15.6. The molecule has 10 heteroatoms. The number of thiophene rings is 1. The number of hydrogen-bond acceptors (Lipinski definition) is 5. The summed E-state index contributed by atoms with van der Waals surface area (Å²) >= 11 is 12.8. The number of amidine groups is 1. The first-order valence-corrected chi connectivity index (χ1v) is 9.30. The minimum absolute atomic E-state index is 0.0307. The van der Waals surface area contributed by atoms with Gasteiger partial charge in [-0.1, -0.05) is 41.2 Å². The molecule has 0 spiro atoms. The van der Waals surface area contributed by atoms with Gasteiger partial charge in [0.15, 0.2) is 5.84 Å². The molecule has 0 radical (unpaired) electrons. The molecule has 1 aromatic rings. The van der Waals surface area contributed by atoms with Gasteiger partial charge in [-0.15, -0.1) is 11.3 Å². The molecule has 0 atom stereocenters. The van der Waals surface area contributed by atoms with Crippen LogP contribution in [-0.2, 0) is 10.0 Å². The van der Waals surface area contributed by atoms with Crippen molar-refractivity contribution < 1.29 is 13.6 Å².